The van der Waals surface area contributed by atoms with Gasteiger partial charge in [-0.05, 0) is 185 Å². The predicted octanol–water partition coefficient (Wildman–Crippen LogP) is 15.8. The minimum atomic E-state index is -4.58. The van der Waals surface area contributed by atoms with Crippen LogP contribution in [0.3, 0.4) is 0 Å². The van der Waals surface area contributed by atoms with Crippen LogP contribution in [-0.4, -0.2) is 190 Å². The lowest BCUT2D eigenvalue weighted by Gasteiger charge is -2.39. The van der Waals surface area contributed by atoms with Crippen LogP contribution in [0, 0.1) is 0 Å². The van der Waals surface area contributed by atoms with Gasteiger partial charge in [0.25, 0.3) is 0 Å². The lowest BCUT2D eigenvalue weighted by molar-refractivity contribution is -0.141. The number of pyridine rings is 3. The Kier molecular flexibility index (Phi) is 25.5. The van der Waals surface area contributed by atoms with Crippen molar-refractivity contribution in [1.82, 2.24) is 74.5 Å². The third kappa shape index (κ3) is 19.9. The largest absolute Gasteiger partial charge is 0.433 e. The smallest absolute Gasteiger partial charge is 0.422 e. The fraction of sp³-hybridized carbons (Fsp3) is 0.245. The Balaban J connectivity index is 0.000000106. The summed E-state index contributed by atoms with van der Waals surface area (Å²) in [6.45, 7) is 21.4. The molecule has 5 aliphatic rings. The number of nitrogens with zero attached hydrogens (tertiary/aromatic N) is 15. The molecular formula is C102H93Cl2F3N20O10. The molecule has 6 aromatic carbocycles. The van der Waals surface area contributed by atoms with Crippen LogP contribution in [-0.2, 0) is 6.18 Å². The van der Waals surface area contributed by atoms with Gasteiger partial charge >= 0.3 is 34.3 Å². The highest BCUT2D eigenvalue weighted by atomic mass is 35.5. The van der Waals surface area contributed by atoms with E-state index in [9.17, 15) is 37.1 Å². The zero-order valence-corrected chi connectivity index (χ0v) is 76.3. The van der Waals surface area contributed by atoms with Crippen LogP contribution in [0.2, 0.25) is 10.0 Å². The van der Waals surface area contributed by atoms with E-state index in [0.29, 0.717) is 101 Å². The van der Waals surface area contributed by atoms with E-state index in [1.54, 1.807) is 80.8 Å². The van der Waals surface area contributed by atoms with E-state index >= 15 is 0 Å². The number of nitrogens with one attached hydrogen (secondary N) is 5. The standard InChI is InChI=1S/2C22H21ClN4O2.C20H18N4O2.C19H16F3N3O2.C19H17N5O2/c1-13-10-27(14(2)9-24-13)17-5-3-15-7-18(22(28)29-20(15)8-17)19-12-26-11-16(23)4-6-21(26)25-19;1-25-7-2-8-26(10-9-25)17-5-3-15-11-18(22(28)29-20(15)12-17)19-14-27-13-16(23)4-6-21(27)24-19;25-20-17(13-2-4-18-15(9-13)12-22-23-18)10-14-1-3-16(11-19(14)26-20)24-7-5-21-6-8-24;20-19(21,22)17-3-1-2-15(24-17)14-10-12-4-5-13(11-16(12)27-18(14)26)25-8-6-23-7-9-25;25-18-15(16-12-24-7-1-4-21-19(24)22-16)10-13-2-3-14(11-17(13)26-18)23-8-5-20-6-9-23/h3-8,11-14,24H,9-10H2,1-2H3;3-6,11-14H,2,7-10H2,1H3;1-4,9-12,21H,5-8H2,(H,22,23);1-5,10-11,23H,6-9H2;1-4,7,10-12,20H,5-6,8-9H2/t13-,14+;;;;/m0..../s1. The van der Waals surface area contributed by atoms with Crippen molar-refractivity contribution in [1.29, 1.82) is 0 Å². The normalized spacial score (nSPS) is 16.3. The van der Waals surface area contributed by atoms with Crippen molar-refractivity contribution in [3.63, 3.8) is 0 Å². The number of hydrogen-bond donors (Lipinski definition) is 5. The van der Waals surface area contributed by atoms with Gasteiger partial charge in [-0.15, -0.1) is 0 Å². The van der Waals surface area contributed by atoms with Gasteiger partial charge in [-0.25, -0.2) is 48.9 Å². The molecule has 0 aliphatic carbocycles. The van der Waals surface area contributed by atoms with Gasteiger partial charge in [-0.2, -0.15) is 18.3 Å². The summed E-state index contributed by atoms with van der Waals surface area (Å²) in [4.78, 5) is 98.0. The molecule has 0 spiro atoms. The van der Waals surface area contributed by atoms with E-state index in [-0.39, 0.29) is 22.5 Å². The molecule has 0 bridgehead atoms. The summed E-state index contributed by atoms with van der Waals surface area (Å²) in [5, 5.41) is 26.7. The van der Waals surface area contributed by atoms with Crippen molar-refractivity contribution in [2.75, 3.05) is 149 Å². The number of rotatable bonds is 10. The van der Waals surface area contributed by atoms with E-state index < -0.39 is 28.7 Å². The van der Waals surface area contributed by atoms with Crippen LogP contribution >= 0.6 is 23.2 Å². The second kappa shape index (κ2) is 38.9. The SMILES string of the molecule is CN1CCCN(c2ccc3cc(-c4cn5cc(Cl)ccc5n4)c(=O)oc3c2)CC1.C[C@@H]1CN[C@@H](C)CN1c1ccc2cc(-c3cn4cc(Cl)ccc4n3)c(=O)oc2c1.O=c1oc2cc(N3CCNCC3)ccc2cc1-c1ccc2[nH]ncc2c1.O=c1oc2cc(N3CCNCC3)ccc2cc1-c1cccc(C(F)(F)F)n1.O=c1oc2cc(N3CCNCC3)ccc2cc1-c1cn2cccnc2n1. The average molecular weight is 1890 g/mol. The lowest BCUT2D eigenvalue weighted by Crippen LogP contribution is -2.54. The quantitative estimate of drug-likeness (QED) is 0.0794. The number of fused-ring (bicyclic) bond motifs is 9. The summed E-state index contributed by atoms with van der Waals surface area (Å²) in [5.74, 6) is 0.552. The monoisotopic (exact) mass is 1880 g/mol. The number of benzene rings is 6. The molecule has 19 aromatic rings. The van der Waals surface area contributed by atoms with Gasteiger partial charge < -0.3 is 81.6 Å². The van der Waals surface area contributed by atoms with Gasteiger partial charge in [0.1, 0.15) is 44.9 Å². The molecule has 0 unspecified atom stereocenters. The molecule has 5 fully saturated rings. The number of H-pyrrole nitrogens is 1. The van der Waals surface area contributed by atoms with E-state index in [2.05, 4.69) is 131 Å². The lowest BCUT2D eigenvalue weighted by atomic mass is 10.0. The molecule has 0 amide bonds. The summed E-state index contributed by atoms with van der Waals surface area (Å²) in [5.41, 5.74) is 11.6. The Morgan fingerprint density at radius 1 is 0.409 bits per heavy atom. The van der Waals surface area contributed by atoms with Gasteiger partial charge in [0.05, 0.1) is 72.4 Å². The molecule has 696 valence electrons. The average Bonchev–Trinajstić information content (AvgIpc) is 1.57. The summed E-state index contributed by atoms with van der Waals surface area (Å²) >= 11 is 12.1. The predicted molar refractivity (Wildman–Crippen MR) is 530 cm³/mol. The summed E-state index contributed by atoms with van der Waals surface area (Å²) in [6.07, 6.45) is 10.7. The second-order valence-electron chi connectivity index (χ2n) is 34.5. The van der Waals surface area contributed by atoms with Gasteiger partial charge in [0.2, 0.25) is 5.78 Å². The Bertz CT molecular complexity index is 7930. The third-order valence-corrected chi connectivity index (χ3v) is 25.6. The van der Waals surface area contributed by atoms with Crippen molar-refractivity contribution < 1.29 is 35.3 Å². The number of alkyl halides is 3. The Hall–Kier alpha value is -14.8. The fourth-order valence-corrected chi connectivity index (χ4v) is 18.2. The maximum Gasteiger partial charge on any atom is 0.433 e. The Labute approximate surface area is 789 Å². The fourth-order valence-electron chi connectivity index (χ4n) is 17.8. The van der Waals surface area contributed by atoms with E-state index in [1.165, 1.54) is 18.2 Å². The van der Waals surface area contributed by atoms with Crippen molar-refractivity contribution >= 4 is 134 Å². The summed E-state index contributed by atoms with van der Waals surface area (Å²) < 4.78 is 72.1. The molecule has 5 saturated heterocycles. The number of likely N-dealkylation sites (N-methyl/N-ethyl adjacent to an activating group) is 1. The zero-order chi connectivity index (χ0) is 94.1. The van der Waals surface area contributed by atoms with Crippen LogP contribution in [0.4, 0.5) is 41.6 Å². The van der Waals surface area contributed by atoms with E-state index in [0.717, 1.165) is 208 Å². The molecule has 2 atom stereocenters. The topological polar surface area (TPSA) is 325 Å². The first-order chi connectivity index (χ1) is 66.5. The molecule has 35 heteroatoms. The maximum atomic E-state index is 12.9. The van der Waals surface area contributed by atoms with Gasteiger partial charge in [0.15, 0.2) is 0 Å². The highest BCUT2D eigenvalue weighted by Crippen LogP contribution is 2.36. The maximum absolute atomic E-state index is 12.9. The number of piperazine rings is 4. The summed E-state index contributed by atoms with van der Waals surface area (Å²) in [7, 11) is 2.15. The number of imidazole rings is 3. The van der Waals surface area contributed by atoms with Gasteiger partial charge in [0, 0.05) is 258 Å². The molecule has 13 aromatic heterocycles. The minimum Gasteiger partial charge on any atom is -0.422 e. The molecule has 0 radical (unpaired) electrons. The Morgan fingerprint density at radius 2 is 0.847 bits per heavy atom. The first kappa shape index (κ1) is 90.0. The molecule has 5 aliphatic heterocycles. The molecule has 30 nitrogen and oxygen atoms in total. The van der Waals surface area contributed by atoms with Crippen LogP contribution in [0.15, 0.2) is 284 Å². The van der Waals surface area contributed by atoms with Gasteiger partial charge in [-0.3, -0.25) is 9.50 Å². The molecule has 5 N–H and O–H groups in total. The highest BCUT2D eigenvalue weighted by molar-refractivity contribution is 6.30. The van der Waals surface area contributed by atoms with Crippen LogP contribution < -0.4 is 73.9 Å². The number of halogens is 5. The van der Waals surface area contributed by atoms with Gasteiger partial charge in [-0.1, -0.05) is 35.3 Å². The van der Waals surface area contributed by atoms with Crippen molar-refractivity contribution in [2.45, 2.75) is 38.5 Å². The van der Waals surface area contributed by atoms with E-state index in [4.69, 9.17) is 45.3 Å². The summed E-state index contributed by atoms with van der Waals surface area (Å²) in [6, 6.07) is 57.7. The van der Waals surface area contributed by atoms with Crippen molar-refractivity contribution in [3.05, 3.63) is 305 Å². The molecular weight excluding hydrogens is 1790 g/mol. The number of hydrogen-bond acceptors (Lipinski definition) is 26. The molecule has 137 heavy (non-hydrogen) atoms. The molecule has 18 heterocycles. The van der Waals surface area contributed by atoms with Crippen LogP contribution in [0.25, 0.3) is 139 Å². The highest BCUT2D eigenvalue weighted by Gasteiger charge is 2.33. The van der Waals surface area contributed by atoms with Crippen molar-refractivity contribution in [2.24, 2.45) is 0 Å². The molecule has 0 saturated carbocycles. The number of aromatic nitrogens is 10. The third-order valence-electron chi connectivity index (χ3n) is 25.2. The van der Waals surface area contributed by atoms with E-state index in [1.807, 2.05) is 121 Å². The minimum absolute atomic E-state index is 0.00326. The number of aromatic amines is 1. The Morgan fingerprint density at radius 3 is 1.33 bits per heavy atom. The zero-order valence-electron chi connectivity index (χ0n) is 74.8. The van der Waals surface area contributed by atoms with Crippen LogP contribution in [0.5, 0.6) is 0 Å². The first-order valence-corrected chi connectivity index (χ1v) is 46.1. The van der Waals surface area contributed by atoms with Crippen LogP contribution in [0.1, 0.15) is 26.0 Å². The van der Waals surface area contributed by atoms with Crippen molar-refractivity contribution in [3.8, 4) is 56.2 Å². The second-order valence-corrected chi connectivity index (χ2v) is 35.4. The molecule has 24 rings (SSSR count). The first-order valence-electron chi connectivity index (χ1n) is 45.3. The number of anilines is 5.